The Bertz CT molecular complexity index is 335. The Labute approximate surface area is 84.9 Å². The molecule has 0 aromatic heterocycles. The van der Waals surface area contributed by atoms with Gasteiger partial charge in [0, 0.05) is 31.4 Å². The smallest absolute Gasteiger partial charge is 0.0415 e. The van der Waals surface area contributed by atoms with E-state index in [1.165, 1.54) is 30.6 Å². The average Bonchev–Trinajstić information content (AvgIpc) is 2.61. The number of fused-ring (bicyclic) bond motifs is 3. The molecule has 1 aromatic rings. The zero-order valence-electron chi connectivity index (χ0n) is 8.37. The second kappa shape index (κ2) is 3.28. The first kappa shape index (κ1) is 8.30. The van der Waals surface area contributed by atoms with Gasteiger partial charge in [-0.25, -0.2) is 0 Å². The maximum atomic E-state index is 3.53. The van der Waals surface area contributed by atoms with Gasteiger partial charge < -0.3 is 10.2 Å². The highest BCUT2D eigenvalue weighted by Gasteiger charge is 2.27. The lowest BCUT2D eigenvalue weighted by molar-refractivity contribution is 0.593. The number of para-hydroxylation sites is 1. The van der Waals surface area contributed by atoms with Gasteiger partial charge in [0.2, 0.25) is 0 Å². The van der Waals surface area contributed by atoms with Crippen molar-refractivity contribution in [2.75, 3.05) is 18.0 Å². The van der Waals surface area contributed by atoms with Crippen molar-refractivity contribution in [1.82, 2.24) is 5.32 Å². The number of nitrogens with zero attached hydrogens (tertiary/aromatic N) is 1. The molecule has 74 valence electrons. The zero-order valence-corrected chi connectivity index (χ0v) is 8.37. The van der Waals surface area contributed by atoms with Crippen LogP contribution < -0.4 is 10.2 Å². The topological polar surface area (TPSA) is 15.3 Å². The molecule has 14 heavy (non-hydrogen) atoms. The van der Waals surface area contributed by atoms with Crippen molar-refractivity contribution in [3.05, 3.63) is 29.8 Å². The third-order valence-electron chi connectivity index (χ3n) is 3.37. The molecule has 2 nitrogen and oxygen atoms in total. The van der Waals surface area contributed by atoms with E-state index in [4.69, 9.17) is 0 Å². The van der Waals surface area contributed by atoms with Crippen molar-refractivity contribution in [3.63, 3.8) is 0 Å². The predicted octanol–water partition coefficient (Wildman–Crippen LogP) is 1.76. The maximum Gasteiger partial charge on any atom is 0.0415 e. The molecule has 0 radical (unpaired) electrons. The van der Waals surface area contributed by atoms with Crippen LogP contribution in [-0.2, 0) is 6.54 Å². The Morgan fingerprint density at radius 1 is 1.29 bits per heavy atom. The van der Waals surface area contributed by atoms with Crippen LogP contribution in [0.5, 0.6) is 0 Å². The molecule has 2 aliphatic rings. The van der Waals surface area contributed by atoms with Crippen molar-refractivity contribution in [3.8, 4) is 0 Å². The molecule has 0 bridgehead atoms. The van der Waals surface area contributed by atoms with Gasteiger partial charge in [0.1, 0.15) is 0 Å². The number of benzene rings is 1. The molecule has 2 heterocycles. The minimum absolute atomic E-state index is 0.735. The third-order valence-corrected chi connectivity index (χ3v) is 3.37. The lowest BCUT2D eigenvalue weighted by Crippen LogP contribution is -2.34. The molecule has 0 spiro atoms. The summed E-state index contributed by atoms with van der Waals surface area (Å²) in [6.07, 6.45) is 2.70. The van der Waals surface area contributed by atoms with Gasteiger partial charge in [0.25, 0.3) is 0 Å². The van der Waals surface area contributed by atoms with Gasteiger partial charge in [-0.3, -0.25) is 0 Å². The van der Waals surface area contributed by atoms with Crippen molar-refractivity contribution in [2.45, 2.75) is 25.4 Å². The van der Waals surface area contributed by atoms with Crippen LogP contribution in [0.4, 0.5) is 5.69 Å². The number of hydrogen-bond donors (Lipinski definition) is 1. The van der Waals surface area contributed by atoms with Gasteiger partial charge >= 0.3 is 0 Å². The highest BCUT2D eigenvalue weighted by molar-refractivity contribution is 5.56. The van der Waals surface area contributed by atoms with Crippen molar-refractivity contribution >= 4 is 5.69 Å². The summed E-state index contributed by atoms with van der Waals surface area (Å²) < 4.78 is 0. The molecule has 2 heteroatoms. The summed E-state index contributed by atoms with van der Waals surface area (Å²) in [5.74, 6) is 0. The second-order valence-corrected chi connectivity index (χ2v) is 4.25. The molecule has 3 rings (SSSR count). The molecular formula is C12H16N2. The number of hydrogen-bond acceptors (Lipinski definition) is 2. The Morgan fingerprint density at radius 3 is 3.21 bits per heavy atom. The first-order valence-electron chi connectivity index (χ1n) is 5.50. The summed E-state index contributed by atoms with van der Waals surface area (Å²) in [6, 6.07) is 9.53. The summed E-state index contributed by atoms with van der Waals surface area (Å²) in [6.45, 7) is 3.42. The van der Waals surface area contributed by atoms with Gasteiger partial charge in [-0.2, -0.15) is 0 Å². The first-order valence-corrected chi connectivity index (χ1v) is 5.50. The van der Waals surface area contributed by atoms with Gasteiger partial charge in [-0.05, 0) is 24.5 Å². The first-order chi connectivity index (χ1) is 6.95. The molecule has 1 atom stereocenters. The Hall–Kier alpha value is -1.02. The zero-order chi connectivity index (χ0) is 9.38. The summed E-state index contributed by atoms with van der Waals surface area (Å²) in [5, 5.41) is 3.53. The molecule has 0 saturated carbocycles. The molecule has 1 N–H and O–H groups in total. The van der Waals surface area contributed by atoms with E-state index in [9.17, 15) is 0 Å². The average molecular weight is 188 g/mol. The molecule has 0 amide bonds. The van der Waals surface area contributed by atoms with Crippen LogP contribution in [-0.4, -0.2) is 19.1 Å². The summed E-state index contributed by atoms with van der Waals surface area (Å²) in [4.78, 5) is 2.58. The lowest BCUT2D eigenvalue weighted by Gasteiger charge is -2.25. The van der Waals surface area contributed by atoms with Gasteiger partial charge in [-0.15, -0.1) is 0 Å². The summed E-state index contributed by atoms with van der Waals surface area (Å²) in [5.41, 5.74) is 2.91. The van der Waals surface area contributed by atoms with Crippen LogP contribution in [0.15, 0.2) is 24.3 Å². The SMILES string of the molecule is c1ccc2c(c1)CNCC1CCCN21. The van der Waals surface area contributed by atoms with Crippen LogP contribution in [0.3, 0.4) is 0 Å². The van der Waals surface area contributed by atoms with Gasteiger partial charge in [0.15, 0.2) is 0 Å². The highest BCUT2D eigenvalue weighted by Crippen LogP contribution is 2.30. The predicted molar refractivity (Wildman–Crippen MR) is 58.5 cm³/mol. The number of nitrogens with one attached hydrogen (secondary N) is 1. The fraction of sp³-hybridized carbons (Fsp3) is 0.500. The quantitative estimate of drug-likeness (QED) is 0.667. The van der Waals surface area contributed by atoms with Gasteiger partial charge in [-0.1, -0.05) is 18.2 Å². The molecule has 0 aliphatic carbocycles. The Morgan fingerprint density at radius 2 is 2.21 bits per heavy atom. The van der Waals surface area contributed by atoms with Crippen molar-refractivity contribution in [2.24, 2.45) is 0 Å². The maximum absolute atomic E-state index is 3.53. The minimum Gasteiger partial charge on any atom is -0.367 e. The third kappa shape index (κ3) is 1.22. The molecule has 1 unspecified atom stereocenters. The molecule has 1 saturated heterocycles. The van der Waals surface area contributed by atoms with Crippen LogP contribution in [0.2, 0.25) is 0 Å². The largest absolute Gasteiger partial charge is 0.367 e. The van der Waals surface area contributed by atoms with E-state index in [0.29, 0.717) is 0 Å². The monoisotopic (exact) mass is 188 g/mol. The van der Waals surface area contributed by atoms with Crippen LogP contribution >= 0.6 is 0 Å². The van der Waals surface area contributed by atoms with E-state index in [2.05, 4.69) is 34.5 Å². The van der Waals surface area contributed by atoms with E-state index in [-0.39, 0.29) is 0 Å². The molecular weight excluding hydrogens is 172 g/mol. The normalized spacial score (nSPS) is 25.4. The van der Waals surface area contributed by atoms with Crippen LogP contribution in [0, 0.1) is 0 Å². The molecule has 2 aliphatic heterocycles. The van der Waals surface area contributed by atoms with E-state index in [1.807, 2.05) is 0 Å². The molecule has 1 fully saturated rings. The lowest BCUT2D eigenvalue weighted by atomic mass is 10.1. The fourth-order valence-electron chi connectivity index (χ4n) is 2.68. The second-order valence-electron chi connectivity index (χ2n) is 4.25. The van der Waals surface area contributed by atoms with E-state index >= 15 is 0 Å². The number of rotatable bonds is 0. The van der Waals surface area contributed by atoms with Crippen LogP contribution in [0.25, 0.3) is 0 Å². The summed E-state index contributed by atoms with van der Waals surface area (Å²) >= 11 is 0. The molecule has 1 aromatic carbocycles. The number of anilines is 1. The standard InChI is InChI=1S/C12H16N2/c1-2-6-12-10(4-1)8-13-9-11-5-3-7-14(11)12/h1-2,4,6,11,13H,3,5,7-9H2. The van der Waals surface area contributed by atoms with E-state index in [0.717, 1.165) is 19.1 Å². The Kier molecular flexibility index (Phi) is 1.95. The fourth-order valence-corrected chi connectivity index (χ4v) is 2.68. The van der Waals surface area contributed by atoms with E-state index < -0.39 is 0 Å². The Balaban J connectivity index is 2.04. The van der Waals surface area contributed by atoms with Gasteiger partial charge in [0.05, 0.1) is 0 Å². The summed E-state index contributed by atoms with van der Waals surface area (Å²) in [7, 11) is 0. The van der Waals surface area contributed by atoms with Crippen molar-refractivity contribution in [1.29, 1.82) is 0 Å². The van der Waals surface area contributed by atoms with Crippen LogP contribution in [0.1, 0.15) is 18.4 Å². The van der Waals surface area contributed by atoms with E-state index in [1.54, 1.807) is 0 Å². The highest BCUT2D eigenvalue weighted by atomic mass is 15.2. The van der Waals surface area contributed by atoms with Crippen molar-refractivity contribution < 1.29 is 0 Å². The minimum atomic E-state index is 0.735.